The lowest BCUT2D eigenvalue weighted by Crippen LogP contribution is -2.41. The van der Waals surface area contributed by atoms with Crippen molar-refractivity contribution in [2.45, 2.75) is 38.8 Å². The molecule has 0 saturated carbocycles. The van der Waals surface area contributed by atoms with Crippen LogP contribution < -0.4 is 0 Å². The minimum Gasteiger partial charge on any atom is -0.378 e. The van der Waals surface area contributed by atoms with E-state index in [4.69, 9.17) is 14.5 Å². The number of likely N-dealkylation sites (N-methyl/N-ethyl adjacent to an activating group) is 1. The van der Waals surface area contributed by atoms with E-state index in [1.807, 2.05) is 30.2 Å². The number of fused-ring (bicyclic) bond motifs is 1. The second-order valence-corrected chi connectivity index (χ2v) is 7.88. The van der Waals surface area contributed by atoms with E-state index < -0.39 is 0 Å². The number of ether oxygens (including phenoxy) is 2. The predicted molar refractivity (Wildman–Crippen MR) is 107 cm³/mol. The highest BCUT2D eigenvalue weighted by Gasteiger charge is 2.27. The summed E-state index contributed by atoms with van der Waals surface area (Å²) in [5.74, 6) is 0.00344. The van der Waals surface area contributed by atoms with Crippen LogP contribution in [0, 0.1) is 6.92 Å². The largest absolute Gasteiger partial charge is 0.378 e. The van der Waals surface area contributed by atoms with Crippen LogP contribution in [0.2, 0.25) is 0 Å². The summed E-state index contributed by atoms with van der Waals surface area (Å²) in [6.45, 7) is 6.84. The lowest BCUT2D eigenvalue weighted by molar-refractivity contribution is -0.00284. The third kappa shape index (κ3) is 4.06. The number of morpholine rings is 1. The van der Waals surface area contributed by atoms with Gasteiger partial charge in [-0.2, -0.15) is 0 Å². The van der Waals surface area contributed by atoms with Gasteiger partial charge in [-0.1, -0.05) is 6.07 Å². The molecule has 2 aliphatic heterocycles. The van der Waals surface area contributed by atoms with E-state index in [-0.39, 0.29) is 12.0 Å². The summed E-state index contributed by atoms with van der Waals surface area (Å²) >= 11 is 0. The van der Waals surface area contributed by atoms with Gasteiger partial charge in [0.15, 0.2) is 5.69 Å². The van der Waals surface area contributed by atoms with Gasteiger partial charge in [0.05, 0.1) is 25.0 Å². The molecule has 152 valence electrons. The van der Waals surface area contributed by atoms with Gasteiger partial charge >= 0.3 is 0 Å². The minimum absolute atomic E-state index is 0.00344. The first-order chi connectivity index (χ1) is 13.6. The molecular formula is C21H30N4O3. The third-order valence-corrected chi connectivity index (χ3v) is 5.65. The molecule has 0 bridgehead atoms. The SMILES string of the molecule is Cc1cccn2c(CN(C)C[C@H]3CCCCO3)c(C(=O)N3CCOCC3)nc12. The van der Waals surface area contributed by atoms with E-state index in [1.54, 1.807) is 0 Å². The van der Waals surface area contributed by atoms with Crippen LogP contribution in [0.4, 0.5) is 0 Å². The molecule has 28 heavy (non-hydrogen) atoms. The van der Waals surface area contributed by atoms with E-state index in [2.05, 4.69) is 16.3 Å². The Morgan fingerprint density at radius 2 is 2.11 bits per heavy atom. The number of hydrogen-bond donors (Lipinski definition) is 0. The third-order valence-electron chi connectivity index (χ3n) is 5.65. The van der Waals surface area contributed by atoms with Crippen molar-refractivity contribution in [2.24, 2.45) is 0 Å². The Hall–Kier alpha value is -1.96. The fraction of sp³-hybridized carbons (Fsp3) is 0.619. The van der Waals surface area contributed by atoms with E-state index in [1.165, 1.54) is 6.42 Å². The molecule has 7 nitrogen and oxygen atoms in total. The summed E-state index contributed by atoms with van der Waals surface area (Å²) in [7, 11) is 2.09. The molecule has 7 heteroatoms. The van der Waals surface area contributed by atoms with E-state index in [9.17, 15) is 4.79 Å². The first-order valence-electron chi connectivity index (χ1n) is 10.3. The number of rotatable bonds is 5. The average Bonchev–Trinajstić information content (AvgIpc) is 3.08. The summed E-state index contributed by atoms with van der Waals surface area (Å²) < 4.78 is 13.4. The first kappa shape index (κ1) is 19.4. The normalized spacial score (nSPS) is 20.8. The van der Waals surface area contributed by atoms with Gasteiger partial charge in [-0.25, -0.2) is 4.98 Å². The van der Waals surface area contributed by atoms with Gasteiger partial charge < -0.3 is 18.8 Å². The lowest BCUT2D eigenvalue weighted by Gasteiger charge is -2.28. The maximum Gasteiger partial charge on any atom is 0.274 e. The molecule has 0 radical (unpaired) electrons. The standard InChI is InChI=1S/C21H30N4O3/c1-16-6-5-8-25-18(15-23(2)14-17-7-3-4-11-28-17)19(22-20(16)25)21(26)24-9-12-27-13-10-24/h5-6,8,17H,3-4,7,9-15H2,1-2H3/t17-/m1/s1. The van der Waals surface area contributed by atoms with Gasteiger partial charge in [-0.15, -0.1) is 0 Å². The van der Waals surface area contributed by atoms with Crippen molar-refractivity contribution in [3.8, 4) is 0 Å². The summed E-state index contributed by atoms with van der Waals surface area (Å²) in [5, 5.41) is 0. The van der Waals surface area contributed by atoms with Crippen molar-refractivity contribution >= 4 is 11.6 Å². The fourth-order valence-corrected chi connectivity index (χ4v) is 4.11. The number of carbonyl (C=O) groups excluding carboxylic acids is 1. The topological polar surface area (TPSA) is 59.3 Å². The highest BCUT2D eigenvalue weighted by atomic mass is 16.5. The molecule has 0 spiro atoms. The van der Waals surface area contributed by atoms with Crippen LogP contribution in [0.25, 0.3) is 5.65 Å². The Morgan fingerprint density at radius 1 is 1.29 bits per heavy atom. The quantitative estimate of drug-likeness (QED) is 0.788. The van der Waals surface area contributed by atoms with E-state index in [0.717, 1.165) is 42.9 Å². The molecule has 2 saturated heterocycles. The predicted octanol–water partition coefficient (Wildman–Crippen LogP) is 2.12. The van der Waals surface area contributed by atoms with Crippen molar-refractivity contribution in [1.29, 1.82) is 0 Å². The highest BCUT2D eigenvalue weighted by molar-refractivity contribution is 5.94. The second kappa shape index (κ2) is 8.59. The summed E-state index contributed by atoms with van der Waals surface area (Å²) in [4.78, 5) is 22.1. The van der Waals surface area contributed by atoms with Crippen LogP contribution in [0.3, 0.4) is 0 Å². The number of imidazole rings is 1. The van der Waals surface area contributed by atoms with Gasteiger partial charge in [0.1, 0.15) is 5.65 Å². The Labute approximate surface area is 166 Å². The molecule has 2 aliphatic rings. The monoisotopic (exact) mass is 386 g/mol. The molecule has 0 aliphatic carbocycles. The summed E-state index contributed by atoms with van der Waals surface area (Å²) in [6, 6.07) is 4.05. The molecule has 4 heterocycles. The van der Waals surface area contributed by atoms with Gasteiger partial charge in [-0.05, 0) is 44.9 Å². The van der Waals surface area contributed by atoms with Gasteiger partial charge in [0, 0.05) is 39.0 Å². The molecule has 0 N–H and O–H groups in total. The van der Waals surface area contributed by atoms with Gasteiger partial charge in [-0.3, -0.25) is 9.69 Å². The maximum absolute atomic E-state index is 13.2. The molecule has 0 unspecified atom stereocenters. The number of aromatic nitrogens is 2. The molecule has 1 amide bonds. The van der Waals surface area contributed by atoms with Crippen LogP contribution in [-0.2, 0) is 16.0 Å². The number of nitrogens with zero attached hydrogens (tertiary/aromatic N) is 4. The molecule has 2 aromatic heterocycles. The molecule has 2 aromatic rings. The maximum atomic E-state index is 13.2. The zero-order chi connectivity index (χ0) is 19.5. The number of carbonyl (C=O) groups is 1. The van der Waals surface area contributed by atoms with Crippen molar-refractivity contribution in [1.82, 2.24) is 19.2 Å². The van der Waals surface area contributed by atoms with Crippen LogP contribution in [0.1, 0.15) is 41.0 Å². The fourth-order valence-electron chi connectivity index (χ4n) is 4.11. The number of amides is 1. The van der Waals surface area contributed by atoms with Crippen LogP contribution >= 0.6 is 0 Å². The number of aryl methyl sites for hydroxylation is 1. The average molecular weight is 386 g/mol. The Kier molecular flexibility index (Phi) is 5.94. The summed E-state index contributed by atoms with van der Waals surface area (Å²) in [5.41, 5.74) is 3.44. The Bertz CT molecular complexity index is 822. The number of pyridine rings is 1. The van der Waals surface area contributed by atoms with Crippen molar-refractivity contribution in [2.75, 3.05) is 46.5 Å². The second-order valence-electron chi connectivity index (χ2n) is 7.88. The van der Waals surface area contributed by atoms with Crippen LogP contribution in [-0.4, -0.2) is 77.7 Å². The Balaban J connectivity index is 1.61. The van der Waals surface area contributed by atoms with Crippen molar-refractivity contribution < 1.29 is 14.3 Å². The first-order valence-corrected chi connectivity index (χ1v) is 10.3. The zero-order valence-corrected chi connectivity index (χ0v) is 16.9. The van der Waals surface area contributed by atoms with Crippen molar-refractivity contribution in [3.63, 3.8) is 0 Å². The lowest BCUT2D eigenvalue weighted by atomic mass is 10.1. The highest BCUT2D eigenvalue weighted by Crippen LogP contribution is 2.21. The molecule has 0 aromatic carbocycles. The number of hydrogen-bond acceptors (Lipinski definition) is 5. The molecular weight excluding hydrogens is 356 g/mol. The van der Waals surface area contributed by atoms with E-state index in [0.29, 0.717) is 38.5 Å². The van der Waals surface area contributed by atoms with Gasteiger partial charge in [0.2, 0.25) is 0 Å². The van der Waals surface area contributed by atoms with E-state index >= 15 is 0 Å². The Morgan fingerprint density at radius 3 is 2.86 bits per heavy atom. The van der Waals surface area contributed by atoms with Crippen LogP contribution in [0.5, 0.6) is 0 Å². The van der Waals surface area contributed by atoms with Gasteiger partial charge in [0.25, 0.3) is 5.91 Å². The minimum atomic E-state index is 0.00344. The van der Waals surface area contributed by atoms with Crippen LogP contribution in [0.15, 0.2) is 18.3 Å². The smallest absolute Gasteiger partial charge is 0.274 e. The van der Waals surface area contributed by atoms with Crippen molar-refractivity contribution in [3.05, 3.63) is 35.3 Å². The molecule has 4 rings (SSSR count). The zero-order valence-electron chi connectivity index (χ0n) is 16.9. The molecule has 2 fully saturated rings. The summed E-state index contributed by atoms with van der Waals surface area (Å²) in [6.07, 6.45) is 5.78. The molecule has 1 atom stereocenters.